The number of amides is 2. The van der Waals surface area contributed by atoms with Crippen LogP contribution < -0.4 is 5.32 Å². The Kier molecular flexibility index (Phi) is 7.70. The maximum absolute atomic E-state index is 13.2. The molecule has 0 radical (unpaired) electrons. The van der Waals surface area contributed by atoms with Gasteiger partial charge in [-0.25, -0.2) is 4.79 Å². The molecule has 2 aromatic carbocycles. The van der Waals surface area contributed by atoms with Gasteiger partial charge in [-0.2, -0.15) is 0 Å². The van der Waals surface area contributed by atoms with Crippen LogP contribution in [0.5, 0.6) is 0 Å². The Bertz CT molecular complexity index is 1030. The fourth-order valence-corrected chi connectivity index (χ4v) is 4.92. The van der Waals surface area contributed by atoms with E-state index < -0.39 is 18.1 Å². The van der Waals surface area contributed by atoms with Crippen LogP contribution in [0.1, 0.15) is 37.3 Å². The van der Waals surface area contributed by atoms with Crippen LogP contribution in [0.25, 0.3) is 11.1 Å². The minimum atomic E-state index is -0.823. The van der Waals surface area contributed by atoms with Crippen LogP contribution in [0, 0.1) is 5.92 Å². The lowest BCUT2D eigenvalue weighted by Crippen LogP contribution is -2.56. The average Bonchev–Trinajstić information content (AvgIpc) is 3.18. The molecule has 186 valence electrons. The first kappa shape index (κ1) is 24.7. The Labute approximate surface area is 205 Å². The van der Waals surface area contributed by atoms with Crippen molar-refractivity contribution in [3.05, 3.63) is 59.7 Å². The normalized spacial score (nSPS) is 16.5. The SMILES string of the molecule is CC(C)[C@H](NC(=O)OCC1c2ccccc2-c2ccccc21)C(=O)N1CCN(CCC(=O)O)CC1. The lowest BCUT2D eigenvalue weighted by molar-refractivity contribution is -0.139. The fraction of sp³-hybridized carbons (Fsp3) is 0.444. The zero-order chi connectivity index (χ0) is 24.9. The highest BCUT2D eigenvalue weighted by atomic mass is 16.5. The van der Waals surface area contributed by atoms with E-state index in [2.05, 4.69) is 29.6 Å². The van der Waals surface area contributed by atoms with Gasteiger partial charge in [0.1, 0.15) is 12.6 Å². The molecular weight excluding hydrogens is 446 g/mol. The van der Waals surface area contributed by atoms with Gasteiger partial charge in [0.2, 0.25) is 5.91 Å². The highest BCUT2D eigenvalue weighted by molar-refractivity contribution is 5.86. The highest BCUT2D eigenvalue weighted by Gasteiger charge is 2.33. The summed E-state index contributed by atoms with van der Waals surface area (Å²) < 4.78 is 5.64. The van der Waals surface area contributed by atoms with Gasteiger partial charge in [-0.1, -0.05) is 62.4 Å². The van der Waals surface area contributed by atoms with Crippen LogP contribution in [0.4, 0.5) is 4.79 Å². The van der Waals surface area contributed by atoms with Crippen LogP contribution in [-0.2, 0) is 14.3 Å². The molecule has 0 saturated carbocycles. The number of carboxylic acid groups (broad SMARTS) is 1. The molecular formula is C27H33N3O5. The van der Waals surface area contributed by atoms with Crippen LogP contribution in [0.2, 0.25) is 0 Å². The van der Waals surface area contributed by atoms with E-state index in [4.69, 9.17) is 9.84 Å². The van der Waals surface area contributed by atoms with E-state index in [9.17, 15) is 14.4 Å². The van der Waals surface area contributed by atoms with Gasteiger partial charge in [0.25, 0.3) is 0 Å². The van der Waals surface area contributed by atoms with E-state index in [0.29, 0.717) is 32.7 Å². The maximum Gasteiger partial charge on any atom is 0.407 e. The summed E-state index contributed by atoms with van der Waals surface area (Å²) >= 11 is 0. The standard InChI is InChI=1S/C27H33N3O5/c1-18(2)25(26(33)30-15-13-29(14-16-30)12-11-24(31)32)28-27(34)35-17-23-21-9-5-3-7-19(21)20-8-4-6-10-22(20)23/h3-10,18,23,25H,11-17H2,1-2H3,(H,28,34)(H,31,32)/t25-/m0/s1. The molecule has 2 N–H and O–H groups in total. The monoisotopic (exact) mass is 479 g/mol. The van der Waals surface area contributed by atoms with Crippen molar-refractivity contribution in [3.8, 4) is 11.1 Å². The van der Waals surface area contributed by atoms with Crippen LogP contribution in [0.3, 0.4) is 0 Å². The number of hydrogen-bond donors (Lipinski definition) is 2. The topological polar surface area (TPSA) is 99.2 Å². The lowest BCUT2D eigenvalue weighted by Gasteiger charge is -2.37. The molecule has 8 heteroatoms. The van der Waals surface area contributed by atoms with Crippen molar-refractivity contribution in [1.29, 1.82) is 0 Å². The van der Waals surface area contributed by atoms with Crippen LogP contribution >= 0.6 is 0 Å². The number of carboxylic acids is 1. The number of nitrogens with zero attached hydrogens (tertiary/aromatic N) is 2. The molecule has 2 amide bonds. The Balaban J connectivity index is 1.34. The number of piperazine rings is 1. The minimum Gasteiger partial charge on any atom is -0.481 e. The van der Waals surface area contributed by atoms with E-state index in [-0.39, 0.29) is 30.8 Å². The minimum absolute atomic E-state index is 0.0415. The Morgan fingerprint density at radius 2 is 1.54 bits per heavy atom. The predicted molar refractivity (Wildman–Crippen MR) is 132 cm³/mol. The molecule has 35 heavy (non-hydrogen) atoms. The summed E-state index contributed by atoms with van der Waals surface area (Å²) in [5, 5.41) is 11.7. The van der Waals surface area contributed by atoms with Gasteiger partial charge in [0.15, 0.2) is 0 Å². The molecule has 4 rings (SSSR count). The van der Waals surface area contributed by atoms with Crippen molar-refractivity contribution in [3.63, 3.8) is 0 Å². The highest BCUT2D eigenvalue weighted by Crippen LogP contribution is 2.44. The zero-order valence-corrected chi connectivity index (χ0v) is 20.3. The summed E-state index contributed by atoms with van der Waals surface area (Å²) in [6.45, 7) is 6.72. The van der Waals surface area contributed by atoms with Crippen molar-refractivity contribution in [2.24, 2.45) is 5.92 Å². The summed E-state index contributed by atoms with van der Waals surface area (Å²) in [5.74, 6) is -1.10. The smallest absolute Gasteiger partial charge is 0.407 e. The fourth-order valence-electron chi connectivity index (χ4n) is 4.92. The first-order chi connectivity index (χ1) is 16.8. The Morgan fingerprint density at radius 1 is 0.971 bits per heavy atom. The van der Waals surface area contributed by atoms with Gasteiger partial charge in [0, 0.05) is 38.6 Å². The lowest BCUT2D eigenvalue weighted by atomic mass is 9.98. The molecule has 0 unspecified atom stereocenters. The van der Waals surface area contributed by atoms with E-state index in [1.54, 1.807) is 4.90 Å². The van der Waals surface area contributed by atoms with E-state index in [0.717, 1.165) is 22.3 Å². The third-order valence-corrected chi connectivity index (χ3v) is 6.88. The number of hydrogen-bond acceptors (Lipinski definition) is 5. The molecule has 1 atom stereocenters. The second-order valence-electron chi connectivity index (χ2n) is 9.50. The van der Waals surface area contributed by atoms with E-state index in [1.807, 2.05) is 43.0 Å². The third-order valence-electron chi connectivity index (χ3n) is 6.88. The third kappa shape index (κ3) is 5.65. The van der Waals surface area contributed by atoms with Crippen molar-refractivity contribution < 1.29 is 24.2 Å². The number of benzene rings is 2. The summed E-state index contributed by atoms with van der Waals surface area (Å²) in [7, 11) is 0. The summed E-state index contributed by atoms with van der Waals surface area (Å²) in [6.07, 6.45) is -0.509. The molecule has 1 saturated heterocycles. The number of carbonyl (C=O) groups is 3. The number of ether oxygens (including phenoxy) is 1. The molecule has 0 bridgehead atoms. The number of alkyl carbamates (subject to hydrolysis) is 1. The molecule has 0 spiro atoms. The van der Waals surface area contributed by atoms with Gasteiger partial charge in [-0.05, 0) is 28.2 Å². The number of aliphatic carboxylic acids is 1. The van der Waals surface area contributed by atoms with Crippen molar-refractivity contribution in [2.45, 2.75) is 32.2 Å². The van der Waals surface area contributed by atoms with Crippen LogP contribution in [-0.4, -0.2) is 78.2 Å². The first-order valence-electron chi connectivity index (χ1n) is 12.2. The molecule has 2 aromatic rings. The Hall–Kier alpha value is -3.39. The second-order valence-corrected chi connectivity index (χ2v) is 9.50. The van der Waals surface area contributed by atoms with E-state index in [1.165, 1.54) is 0 Å². The van der Waals surface area contributed by atoms with Gasteiger partial charge in [0.05, 0.1) is 6.42 Å². The summed E-state index contributed by atoms with van der Waals surface area (Å²) in [5.41, 5.74) is 4.60. The molecule has 8 nitrogen and oxygen atoms in total. The average molecular weight is 480 g/mol. The predicted octanol–water partition coefficient (Wildman–Crippen LogP) is 3.17. The number of rotatable bonds is 8. The number of carbonyl (C=O) groups excluding carboxylic acids is 2. The number of nitrogens with one attached hydrogen (secondary N) is 1. The quantitative estimate of drug-likeness (QED) is 0.604. The van der Waals surface area contributed by atoms with Gasteiger partial charge in [-0.3, -0.25) is 14.5 Å². The number of fused-ring (bicyclic) bond motifs is 3. The zero-order valence-electron chi connectivity index (χ0n) is 20.3. The first-order valence-corrected chi connectivity index (χ1v) is 12.2. The molecule has 2 aliphatic rings. The van der Waals surface area contributed by atoms with Crippen molar-refractivity contribution >= 4 is 18.0 Å². The molecule has 0 aromatic heterocycles. The van der Waals surface area contributed by atoms with Gasteiger partial charge in [-0.15, -0.1) is 0 Å². The molecule has 1 fully saturated rings. The Morgan fingerprint density at radius 3 is 2.09 bits per heavy atom. The van der Waals surface area contributed by atoms with Crippen molar-refractivity contribution in [2.75, 3.05) is 39.3 Å². The van der Waals surface area contributed by atoms with Crippen LogP contribution in [0.15, 0.2) is 48.5 Å². The summed E-state index contributed by atoms with van der Waals surface area (Å²) in [4.78, 5) is 40.5. The van der Waals surface area contributed by atoms with Gasteiger partial charge >= 0.3 is 12.1 Å². The molecule has 1 aliphatic carbocycles. The second kappa shape index (κ2) is 10.9. The van der Waals surface area contributed by atoms with Gasteiger partial charge < -0.3 is 20.1 Å². The van der Waals surface area contributed by atoms with Crippen molar-refractivity contribution in [1.82, 2.24) is 15.1 Å². The summed E-state index contributed by atoms with van der Waals surface area (Å²) in [6, 6.07) is 15.6. The molecule has 1 heterocycles. The maximum atomic E-state index is 13.2. The largest absolute Gasteiger partial charge is 0.481 e. The molecule has 1 aliphatic heterocycles. The van der Waals surface area contributed by atoms with E-state index >= 15 is 0 Å².